The summed E-state index contributed by atoms with van der Waals surface area (Å²) >= 11 is 3.13. The molecule has 0 radical (unpaired) electrons. The topological polar surface area (TPSA) is 132 Å². The van der Waals surface area contributed by atoms with Crippen molar-refractivity contribution < 1.29 is 14.6 Å². The quantitative estimate of drug-likeness (QED) is 0.163. The summed E-state index contributed by atoms with van der Waals surface area (Å²) in [6.07, 6.45) is 0.851. The summed E-state index contributed by atoms with van der Waals surface area (Å²) in [5.74, 6) is 0. The minimum Gasteiger partial charge on any atom is -0.385 e. The Morgan fingerprint density at radius 1 is 1.03 bits per heavy atom. The molecule has 0 aliphatic rings. The summed E-state index contributed by atoms with van der Waals surface area (Å²) in [5.41, 5.74) is 0.421. The van der Waals surface area contributed by atoms with Crippen LogP contribution >= 0.6 is 15.9 Å². The van der Waals surface area contributed by atoms with Crippen molar-refractivity contribution in [2.24, 2.45) is 10.2 Å². The van der Waals surface area contributed by atoms with E-state index in [9.17, 15) is 20.2 Å². The van der Waals surface area contributed by atoms with Gasteiger partial charge in [0.1, 0.15) is 0 Å². The van der Waals surface area contributed by atoms with Crippen LogP contribution in [-0.4, -0.2) is 30.1 Å². The van der Waals surface area contributed by atoms with E-state index in [-0.39, 0.29) is 10.2 Å². The smallest absolute Gasteiger partial charge is 0.304 e. The van der Waals surface area contributed by atoms with Gasteiger partial charge in [-0.05, 0) is 34.5 Å². The summed E-state index contributed by atoms with van der Waals surface area (Å²) in [6.45, 7) is 1.39. The van der Waals surface area contributed by atoms with Gasteiger partial charge in [-0.15, -0.1) is 10.2 Å². The van der Waals surface area contributed by atoms with Gasteiger partial charge in [-0.25, -0.2) is 0 Å². The minimum atomic E-state index is -0.725. The molecule has 0 saturated carbocycles. The molecule has 3 rings (SSSR count). The van der Waals surface area contributed by atoms with Crippen molar-refractivity contribution in [2.45, 2.75) is 6.42 Å². The van der Waals surface area contributed by atoms with E-state index in [1.165, 1.54) is 0 Å². The molecule has 0 heterocycles. The molecule has 0 bridgehead atoms. The molecule has 0 unspecified atom stereocenters. The Labute approximate surface area is 185 Å². The first-order valence-corrected chi connectivity index (χ1v) is 10.00. The lowest BCUT2D eigenvalue weighted by Crippen LogP contribution is -2.04. The van der Waals surface area contributed by atoms with Gasteiger partial charge in [0.05, 0.1) is 26.1 Å². The molecule has 0 spiro atoms. The summed E-state index contributed by atoms with van der Waals surface area (Å²) in [4.78, 5) is 21.0. The second kappa shape index (κ2) is 10.0. The number of nitrogens with zero attached hydrogens (tertiary/aromatic N) is 4. The molecule has 0 fully saturated rings. The Morgan fingerprint density at radius 2 is 1.77 bits per heavy atom. The normalized spacial score (nSPS) is 11.2. The van der Waals surface area contributed by atoms with Gasteiger partial charge in [-0.2, -0.15) is 0 Å². The van der Waals surface area contributed by atoms with E-state index in [2.05, 4.69) is 31.5 Å². The molecule has 0 aliphatic heterocycles. The molecule has 0 aromatic heterocycles. The Balaban J connectivity index is 1.99. The number of anilines is 1. The first-order chi connectivity index (χ1) is 14.9. The maximum absolute atomic E-state index is 11.4. The molecule has 1 N–H and O–H groups in total. The van der Waals surface area contributed by atoms with E-state index < -0.39 is 21.2 Å². The van der Waals surface area contributed by atoms with Crippen LogP contribution in [0, 0.1) is 20.2 Å². The van der Waals surface area contributed by atoms with Gasteiger partial charge in [-0.1, -0.05) is 24.3 Å². The van der Waals surface area contributed by atoms with E-state index in [4.69, 9.17) is 4.74 Å². The second-order valence-corrected chi connectivity index (χ2v) is 7.31. The lowest BCUT2D eigenvalue weighted by Gasteiger charge is -2.11. The molecule has 160 valence electrons. The highest BCUT2D eigenvalue weighted by Crippen LogP contribution is 2.40. The van der Waals surface area contributed by atoms with Crippen LogP contribution in [0.1, 0.15) is 6.42 Å². The molecular formula is C20H18BrN5O5. The molecule has 11 heteroatoms. The zero-order valence-corrected chi connectivity index (χ0v) is 18.0. The van der Waals surface area contributed by atoms with Gasteiger partial charge in [0, 0.05) is 42.8 Å². The number of nitrogens with one attached hydrogen (secondary N) is 1. The third-order valence-corrected chi connectivity index (χ3v) is 5.04. The number of hydrogen-bond acceptors (Lipinski definition) is 8. The Hall–Kier alpha value is -3.44. The molecule has 10 nitrogen and oxygen atoms in total. The van der Waals surface area contributed by atoms with E-state index >= 15 is 0 Å². The third kappa shape index (κ3) is 5.19. The van der Waals surface area contributed by atoms with Crippen LogP contribution in [0.5, 0.6) is 0 Å². The maximum Gasteiger partial charge on any atom is 0.304 e. The van der Waals surface area contributed by atoms with Gasteiger partial charge in [-0.3, -0.25) is 20.2 Å². The van der Waals surface area contributed by atoms with Crippen molar-refractivity contribution in [2.75, 3.05) is 25.6 Å². The zero-order valence-electron chi connectivity index (χ0n) is 16.4. The molecular weight excluding hydrogens is 470 g/mol. The van der Waals surface area contributed by atoms with E-state index in [1.54, 1.807) is 13.2 Å². The largest absolute Gasteiger partial charge is 0.385 e. The zero-order chi connectivity index (χ0) is 22.4. The molecule has 3 aromatic carbocycles. The van der Waals surface area contributed by atoms with E-state index in [1.807, 2.05) is 30.3 Å². The van der Waals surface area contributed by atoms with Crippen LogP contribution < -0.4 is 5.32 Å². The van der Waals surface area contributed by atoms with Crippen LogP contribution in [0.4, 0.5) is 28.4 Å². The van der Waals surface area contributed by atoms with Crippen LogP contribution in [-0.2, 0) is 4.74 Å². The van der Waals surface area contributed by atoms with E-state index in [0.717, 1.165) is 41.6 Å². The number of non-ortho nitro benzene ring substituents is 1. The predicted molar refractivity (Wildman–Crippen MR) is 121 cm³/mol. The second-order valence-electron chi connectivity index (χ2n) is 6.46. The van der Waals surface area contributed by atoms with Crippen molar-refractivity contribution in [1.82, 2.24) is 0 Å². The number of nitro groups is 2. The molecule has 3 aromatic rings. The average Bonchev–Trinajstić information content (AvgIpc) is 2.75. The number of ether oxygens (including phenoxy) is 1. The summed E-state index contributed by atoms with van der Waals surface area (Å²) in [6, 6.07) is 13.2. The van der Waals surface area contributed by atoms with Gasteiger partial charge in [0.2, 0.25) is 0 Å². The predicted octanol–water partition coefficient (Wildman–Crippen LogP) is 6.28. The Kier molecular flexibility index (Phi) is 7.21. The minimum absolute atomic E-state index is 0.0959. The summed E-state index contributed by atoms with van der Waals surface area (Å²) in [5, 5.41) is 35.8. The summed E-state index contributed by atoms with van der Waals surface area (Å²) in [7, 11) is 1.66. The number of rotatable bonds is 9. The number of nitro benzene ring substituents is 2. The number of halogens is 1. The van der Waals surface area contributed by atoms with Crippen LogP contribution in [0.25, 0.3) is 10.8 Å². The number of methoxy groups -OCH3 is 1. The fraction of sp³-hybridized carbons (Fsp3) is 0.200. The van der Waals surface area contributed by atoms with Gasteiger partial charge >= 0.3 is 5.69 Å². The third-order valence-electron chi connectivity index (χ3n) is 4.44. The fourth-order valence-corrected chi connectivity index (χ4v) is 3.50. The standard InChI is InChI=1S/C20H18BrN5O5/c1-31-10-4-9-22-17-7-8-18(15-6-3-2-5-14(15)17)23-24-20-16(21)11-13(25(27)28)12-19(20)26(29)30/h2-3,5-8,11-12,22H,4,9-10H2,1H3. The van der Waals surface area contributed by atoms with Crippen LogP contribution in [0.15, 0.2) is 63.2 Å². The van der Waals surface area contributed by atoms with Gasteiger partial charge in [0.15, 0.2) is 5.69 Å². The highest BCUT2D eigenvalue weighted by molar-refractivity contribution is 9.10. The molecule has 0 aliphatic carbocycles. The van der Waals surface area contributed by atoms with Crippen molar-refractivity contribution in [3.8, 4) is 0 Å². The Bertz CT molecular complexity index is 1170. The van der Waals surface area contributed by atoms with Crippen LogP contribution in [0.2, 0.25) is 0 Å². The van der Waals surface area contributed by atoms with Gasteiger partial charge in [0.25, 0.3) is 5.69 Å². The fourth-order valence-electron chi connectivity index (χ4n) is 2.98. The number of azo groups is 1. The Morgan fingerprint density at radius 3 is 2.45 bits per heavy atom. The maximum atomic E-state index is 11.4. The van der Waals surface area contributed by atoms with Crippen molar-refractivity contribution in [3.05, 3.63) is 73.2 Å². The van der Waals surface area contributed by atoms with Crippen molar-refractivity contribution in [3.63, 3.8) is 0 Å². The molecule has 31 heavy (non-hydrogen) atoms. The van der Waals surface area contributed by atoms with Crippen molar-refractivity contribution in [1.29, 1.82) is 0 Å². The first kappa shape index (κ1) is 22.2. The number of hydrogen-bond donors (Lipinski definition) is 1. The highest BCUT2D eigenvalue weighted by atomic mass is 79.9. The monoisotopic (exact) mass is 487 g/mol. The van der Waals surface area contributed by atoms with Crippen molar-refractivity contribution >= 4 is 55.1 Å². The lowest BCUT2D eigenvalue weighted by molar-refractivity contribution is -0.393. The SMILES string of the molecule is COCCCNc1ccc(N=Nc2c(Br)cc([N+](=O)[O-])cc2[N+](=O)[O-])c2ccccc12. The van der Waals surface area contributed by atoms with Gasteiger partial charge < -0.3 is 10.1 Å². The first-order valence-electron chi connectivity index (χ1n) is 9.21. The highest BCUT2D eigenvalue weighted by Gasteiger charge is 2.23. The molecule has 0 saturated heterocycles. The number of fused-ring (bicyclic) bond motifs is 1. The lowest BCUT2D eigenvalue weighted by atomic mass is 10.1. The number of benzene rings is 3. The molecule has 0 atom stereocenters. The van der Waals surface area contributed by atoms with Crippen LogP contribution in [0.3, 0.4) is 0 Å². The van der Waals surface area contributed by atoms with E-state index in [0.29, 0.717) is 12.3 Å². The average molecular weight is 488 g/mol. The molecule has 0 amide bonds. The summed E-state index contributed by atoms with van der Waals surface area (Å²) < 4.78 is 5.17.